The molecule has 3 aliphatic rings. The van der Waals surface area contributed by atoms with Gasteiger partial charge in [0.25, 0.3) is 0 Å². The maximum atomic E-state index is 13.7. The summed E-state index contributed by atoms with van der Waals surface area (Å²) >= 11 is 0. The second-order valence-corrected chi connectivity index (χ2v) is 12.9. The molecule has 2 aromatic heterocycles. The van der Waals surface area contributed by atoms with Crippen molar-refractivity contribution in [2.24, 2.45) is 23.7 Å². The predicted octanol–water partition coefficient (Wildman–Crippen LogP) is 4.94. The SMILES string of the molecule is Cc1ccc(-c2ccnc(N3C[C@@H]4C[C@H](C3)[C@@H]3CCCC(=O)N[C@H](C(C)C)CC[C@@H](C)CC(=O)N3C4)n2)c(C)n1. The third-order valence-electron chi connectivity index (χ3n) is 9.26. The number of rotatable bonds is 3. The lowest BCUT2D eigenvalue weighted by molar-refractivity contribution is -0.139. The molecule has 0 unspecified atom stereocenters. The number of amides is 2. The molecule has 2 amide bonds. The summed E-state index contributed by atoms with van der Waals surface area (Å²) in [7, 11) is 0. The van der Waals surface area contributed by atoms with Gasteiger partial charge in [0.15, 0.2) is 0 Å². The van der Waals surface area contributed by atoms with Crippen LogP contribution in [0.1, 0.15) is 77.1 Å². The maximum absolute atomic E-state index is 13.7. The molecule has 3 fully saturated rings. The molecule has 0 aromatic carbocycles. The highest BCUT2D eigenvalue weighted by Gasteiger charge is 2.43. The van der Waals surface area contributed by atoms with E-state index in [-0.39, 0.29) is 18.0 Å². The zero-order valence-corrected chi connectivity index (χ0v) is 24.9. The molecule has 5 heterocycles. The maximum Gasteiger partial charge on any atom is 0.225 e. The highest BCUT2D eigenvalue weighted by atomic mass is 16.2. The van der Waals surface area contributed by atoms with Crippen LogP contribution in [0.5, 0.6) is 0 Å². The van der Waals surface area contributed by atoms with Crippen molar-refractivity contribution in [1.29, 1.82) is 0 Å². The monoisotopic (exact) mass is 546 g/mol. The molecule has 8 heteroatoms. The van der Waals surface area contributed by atoms with Crippen LogP contribution in [0.3, 0.4) is 0 Å². The fourth-order valence-electron chi connectivity index (χ4n) is 7.08. The Balaban J connectivity index is 1.35. The molecule has 3 saturated heterocycles. The van der Waals surface area contributed by atoms with Gasteiger partial charge in [-0.1, -0.05) is 20.8 Å². The van der Waals surface area contributed by atoms with Crippen molar-refractivity contribution in [1.82, 2.24) is 25.2 Å². The van der Waals surface area contributed by atoms with Gasteiger partial charge in [0.1, 0.15) is 0 Å². The molecular formula is C32H46N6O2. The summed E-state index contributed by atoms with van der Waals surface area (Å²) in [6.45, 7) is 13.0. The fraction of sp³-hybridized carbons (Fsp3) is 0.656. The molecule has 5 rings (SSSR count). The predicted molar refractivity (Wildman–Crippen MR) is 158 cm³/mol. The number of hydrogen-bond acceptors (Lipinski definition) is 6. The second kappa shape index (κ2) is 12.2. The number of hydrogen-bond donors (Lipinski definition) is 1. The lowest BCUT2D eigenvalue weighted by Gasteiger charge is -2.51. The number of carbonyl (C=O) groups is 2. The first-order chi connectivity index (χ1) is 19.2. The van der Waals surface area contributed by atoms with E-state index in [1.807, 2.05) is 32.2 Å². The summed E-state index contributed by atoms with van der Waals surface area (Å²) in [5, 5.41) is 3.29. The zero-order chi connectivity index (χ0) is 28.4. The zero-order valence-electron chi connectivity index (χ0n) is 24.9. The van der Waals surface area contributed by atoms with Crippen LogP contribution in [0.15, 0.2) is 24.4 Å². The molecule has 3 aliphatic heterocycles. The van der Waals surface area contributed by atoms with Gasteiger partial charge in [-0.15, -0.1) is 0 Å². The number of aromatic nitrogens is 3. The largest absolute Gasteiger partial charge is 0.353 e. The minimum absolute atomic E-state index is 0.147. The number of piperidine rings is 2. The number of fused-ring (bicyclic) bond motifs is 4. The number of nitrogens with zero attached hydrogens (tertiary/aromatic N) is 5. The number of pyridine rings is 1. The lowest BCUT2D eigenvalue weighted by atomic mass is 9.77. The molecular weight excluding hydrogens is 500 g/mol. The average molecular weight is 547 g/mol. The van der Waals surface area contributed by atoms with E-state index in [0.717, 1.165) is 80.3 Å². The first-order valence-corrected chi connectivity index (χ1v) is 15.3. The van der Waals surface area contributed by atoms with Crippen LogP contribution in [0.25, 0.3) is 11.3 Å². The molecule has 0 spiro atoms. The summed E-state index contributed by atoms with van der Waals surface area (Å²) in [6, 6.07) is 6.40. The molecule has 1 N–H and O–H groups in total. The smallest absolute Gasteiger partial charge is 0.225 e. The summed E-state index contributed by atoms with van der Waals surface area (Å²) in [5.74, 6) is 2.63. The summed E-state index contributed by atoms with van der Waals surface area (Å²) in [6.07, 6.45) is 7.62. The van der Waals surface area contributed by atoms with Crippen LogP contribution in [-0.4, -0.2) is 63.4 Å². The van der Waals surface area contributed by atoms with Crippen molar-refractivity contribution in [2.75, 3.05) is 24.5 Å². The molecule has 2 bridgehead atoms. The Hall–Kier alpha value is -3.03. The van der Waals surface area contributed by atoms with Crippen LogP contribution in [0.2, 0.25) is 0 Å². The molecule has 5 atom stereocenters. The quantitative estimate of drug-likeness (QED) is 0.586. The van der Waals surface area contributed by atoms with E-state index < -0.39 is 0 Å². The normalized spacial score (nSPS) is 28.3. The molecule has 8 nitrogen and oxygen atoms in total. The van der Waals surface area contributed by atoms with Crippen LogP contribution in [-0.2, 0) is 9.59 Å². The Labute approximate surface area is 239 Å². The van der Waals surface area contributed by atoms with Crippen molar-refractivity contribution in [3.8, 4) is 11.3 Å². The number of nitrogens with one attached hydrogen (secondary N) is 1. The number of anilines is 1. The Morgan fingerprint density at radius 1 is 1.00 bits per heavy atom. The third-order valence-corrected chi connectivity index (χ3v) is 9.26. The topological polar surface area (TPSA) is 91.3 Å². The van der Waals surface area contributed by atoms with Gasteiger partial charge in [-0.2, -0.15) is 0 Å². The fourth-order valence-corrected chi connectivity index (χ4v) is 7.08. The molecule has 216 valence electrons. The highest BCUT2D eigenvalue weighted by Crippen LogP contribution is 2.38. The highest BCUT2D eigenvalue weighted by molar-refractivity contribution is 5.77. The second-order valence-electron chi connectivity index (χ2n) is 12.9. The van der Waals surface area contributed by atoms with Crippen LogP contribution >= 0.6 is 0 Å². The van der Waals surface area contributed by atoms with Crippen LogP contribution < -0.4 is 10.2 Å². The Kier molecular flexibility index (Phi) is 8.71. The van der Waals surface area contributed by atoms with Gasteiger partial charge in [-0.05, 0) is 87.8 Å². The van der Waals surface area contributed by atoms with Gasteiger partial charge in [0.2, 0.25) is 17.8 Å². The Morgan fingerprint density at radius 3 is 2.60 bits per heavy atom. The minimum Gasteiger partial charge on any atom is -0.353 e. The minimum atomic E-state index is 0.147. The number of aryl methyl sites for hydroxylation is 2. The van der Waals surface area contributed by atoms with Gasteiger partial charge in [0, 0.05) is 67.7 Å². The average Bonchev–Trinajstić information content (AvgIpc) is 2.92. The van der Waals surface area contributed by atoms with E-state index in [1.54, 1.807) is 0 Å². The van der Waals surface area contributed by atoms with E-state index in [4.69, 9.17) is 4.98 Å². The lowest BCUT2D eigenvalue weighted by Crippen LogP contribution is -2.59. The van der Waals surface area contributed by atoms with E-state index in [9.17, 15) is 9.59 Å². The van der Waals surface area contributed by atoms with Crippen molar-refractivity contribution >= 4 is 17.8 Å². The van der Waals surface area contributed by atoms with E-state index in [1.165, 1.54) is 0 Å². The van der Waals surface area contributed by atoms with Crippen LogP contribution in [0.4, 0.5) is 5.95 Å². The molecule has 0 saturated carbocycles. The molecule has 2 aromatic rings. The van der Waals surface area contributed by atoms with Gasteiger partial charge in [0.05, 0.1) is 5.69 Å². The Bertz CT molecular complexity index is 1220. The van der Waals surface area contributed by atoms with Crippen molar-refractivity contribution in [3.63, 3.8) is 0 Å². The molecule has 0 radical (unpaired) electrons. The van der Waals surface area contributed by atoms with Gasteiger partial charge in [-0.3, -0.25) is 14.6 Å². The first kappa shape index (κ1) is 28.5. The summed E-state index contributed by atoms with van der Waals surface area (Å²) in [4.78, 5) is 45.3. The third kappa shape index (κ3) is 6.47. The van der Waals surface area contributed by atoms with Crippen molar-refractivity contribution < 1.29 is 9.59 Å². The van der Waals surface area contributed by atoms with Gasteiger partial charge >= 0.3 is 0 Å². The Morgan fingerprint density at radius 2 is 1.82 bits per heavy atom. The van der Waals surface area contributed by atoms with E-state index >= 15 is 0 Å². The molecule has 40 heavy (non-hydrogen) atoms. The van der Waals surface area contributed by atoms with E-state index in [2.05, 4.69) is 51.9 Å². The standard InChI is InChI=1S/C32H46N6O2/c1-20(2)27-12-9-21(3)15-31(40)38-18-24-16-25(29(38)7-6-8-30(39)35-27)19-37(17-24)32-33-14-13-28(36-32)26-11-10-22(4)34-23(26)5/h10-11,13-14,20-21,24-25,27,29H,6-9,12,15-19H2,1-5H3,(H,35,39)/t21-,24+,25-,27+,29+/m1/s1. The van der Waals surface area contributed by atoms with Crippen LogP contribution in [0, 0.1) is 37.5 Å². The van der Waals surface area contributed by atoms with Crippen molar-refractivity contribution in [2.45, 2.75) is 91.6 Å². The number of carbonyl (C=O) groups excluding carboxylic acids is 2. The van der Waals surface area contributed by atoms with Gasteiger partial charge in [-0.25, -0.2) is 9.97 Å². The summed E-state index contributed by atoms with van der Waals surface area (Å²) in [5.41, 5.74) is 3.89. The first-order valence-electron chi connectivity index (χ1n) is 15.3. The van der Waals surface area contributed by atoms with Gasteiger partial charge < -0.3 is 15.1 Å². The van der Waals surface area contributed by atoms with E-state index in [0.29, 0.717) is 42.4 Å². The molecule has 0 aliphatic carbocycles. The van der Waals surface area contributed by atoms with Crippen molar-refractivity contribution in [3.05, 3.63) is 35.8 Å². The summed E-state index contributed by atoms with van der Waals surface area (Å²) < 4.78 is 0.